The van der Waals surface area contributed by atoms with Gasteiger partial charge in [-0.3, -0.25) is 0 Å². The van der Waals surface area contributed by atoms with E-state index in [9.17, 15) is 0 Å². The molecule has 1 heterocycles. The third-order valence-electron chi connectivity index (χ3n) is 2.83. The first kappa shape index (κ1) is 11.9. The number of halogens is 1. The van der Waals surface area contributed by atoms with E-state index in [0.717, 1.165) is 23.1 Å². The Morgan fingerprint density at radius 2 is 2.25 bits per heavy atom. The van der Waals surface area contributed by atoms with Crippen molar-refractivity contribution in [2.24, 2.45) is 0 Å². The van der Waals surface area contributed by atoms with Crippen molar-refractivity contribution in [1.29, 1.82) is 0 Å². The summed E-state index contributed by atoms with van der Waals surface area (Å²) in [7, 11) is 0. The number of aryl methyl sites for hydroxylation is 1. The number of hydrogen-bond donors (Lipinski definition) is 0. The van der Waals surface area contributed by atoms with E-state index in [4.69, 9.17) is 9.47 Å². The van der Waals surface area contributed by atoms with Gasteiger partial charge in [-0.15, -0.1) is 0 Å². The smallest absolute Gasteiger partial charge is 0.133 e. The molecule has 1 aliphatic heterocycles. The maximum Gasteiger partial charge on any atom is 0.133 e. The lowest BCUT2D eigenvalue weighted by molar-refractivity contribution is 0.0263. The first-order valence-corrected chi connectivity index (χ1v) is 6.49. The van der Waals surface area contributed by atoms with E-state index in [0.29, 0.717) is 12.7 Å². The van der Waals surface area contributed by atoms with Crippen molar-refractivity contribution in [3.8, 4) is 5.75 Å². The summed E-state index contributed by atoms with van der Waals surface area (Å²) in [6.45, 7) is 4.82. The van der Waals surface area contributed by atoms with Crippen LogP contribution < -0.4 is 4.74 Å². The van der Waals surface area contributed by atoms with Crippen LogP contribution in [0.4, 0.5) is 0 Å². The summed E-state index contributed by atoms with van der Waals surface area (Å²) in [6, 6.07) is 6.11. The molecule has 3 heteroatoms. The molecule has 2 nitrogen and oxygen atoms in total. The van der Waals surface area contributed by atoms with Crippen LogP contribution in [-0.4, -0.2) is 18.8 Å². The summed E-state index contributed by atoms with van der Waals surface area (Å²) in [4.78, 5) is 0. The minimum absolute atomic E-state index is 0.253. The van der Waals surface area contributed by atoms with Crippen molar-refractivity contribution in [2.45, 2.75) is 38.9 Å². The molecule has 0 spiro atoms. The molecule has 2 unspecified atom stereocenters. The molecular weight excluding hydrogens is 268 g/mol. The first-order valence-electron chi connectivity index (χ1n) is 5.69. The molecule has 0 N–H and O–H groups in total. The second-order valence-electron chi connectivity index (χ2n) is 4.39. The average Bonchev–Trinajstić information content (AvgIpc) is 2.63. The van der Waals surface area contributed by atoms with E-state index in [2.05, 4.69) is 41.9 Å². The molecule has 16 heavy (non-hydrogen) atoms. The number of benzene rings is 1. The van der Waals surface area contributed by atoms with Gasteiger partial charge in [-0.25, -0.2) is 0 Å². The maximum absolute atomic E-state index is 5.75. The fraction of sp³-hybridized carbons (Fsp3) is 0.538. The number of hydrogen-bond acceptors (Lipinski definition) is 2. The van der Waals surface area contributed by atoms with Crippen molar-refractivity contribution in [3.05, 3.63) is 28.2 Å². The van der Waals surface area contributed by atoms with E-state index in [1.54, 1.807) is 0 Å². The van der Waals surface area contributed by atoms with Gasteiger partial charge in [0.1, 0.15) is 12.4 Å². The largest absolute Gasteiger partial charge is 0.490 e. The number of ether oxygens (including phenoxy) is 2. The van der Waals surface area contributed by atoms with E-state index in [-0.39, 0.29) is 6.10 Å². The lowest BCUT2D eigenvalue weighted by atomic mass is 10.2. The Kier molecular flexibility index (Phi) is 3.87. The van der Waals surface area contributed by atoms with Crippen molar-refractivity contribution in [1.82, 2.24) is 0 Å². The van der Waals surface area contributed by atoms with Crippen LogP contribution in [0.15, 0.2) is 22.7 Å². The molecule has 1 aliphatic rings. The summed E-state index contributed by atoms with van der Waals surface area (Å²) in [5.41, 5.74) is 1.23. The van der Waals surface area contributed by atoms with Gasteiger partial charge in [0.05, 0.1) is 16.7 Å². The fourth-order valence-electron chi connectivity index (χ4n) is 1.91. The molecule has 0 aliphatic carbocycles. The lowest BCUT2D eigenvalue weighted by Gasteiger charge is -2.13. The Hall–Kier alpha value is -0.540. The molecule has 0 bridgehead atoms. The van der Waals surface area contributed by atoms with Crippen molar-refractivity contribution in [3.63, 3.8) is 0 Å². The molecule has 1 aromatic carbocycles. The predicted octanol–water partition coefficient (Wildman–Crippen LogP) is 3.70. The van der Waals surface area contributed by atoms with Gasteiger partial charge < -0.3 is 9.47 Å². The molecule has 1 aromatic rings. The molecule has 2 rings (SSSR count). The van der Waals surface area contributed by atoms with Gasteiger partial charge >= 0.3 is 0 Å². The highest BCUT2D eigenvalue weighted by atomic mass is 79.9. The summed E-state index contributed by atoms with van der Waals surface area (Å²) < 4.78 is 12.5. The maximum atomic E-state index is 5.75. The molecule has 0 amide bonds. The molecule has 0 aromatic heterocycles. The van der Waals surface area contributed by atoms with Crippen molar-refractivity contribution in [2.75, 3.05) is 6.61 Å². The van der Waals surface area contributed by atoms with Crippen LogP contribution in [-0.2, 0) is 4.74 Å². The minimum Gasteiger partial charge on any atom is -0.490 e. The highest BCUT2D eigenvalue weighted by Crippen LogP contribution is 2.27. The molecule has 2 atom stereocenters. The van der Waals surface area contributed by atoms with Crippen LogP contribution in [0, 0.1) is 6.92 Å². The second kappa shape index (κ2) is 5.19. The van der Waals surface area contributed by atoms with Crippen LogP contribution in [0.25, 0.3) is 0 Å². The van der Waals surface area contributed by atoms with Gasteiger partial charge in [0.25, 0.3) is 0 Å². The molecular formula is C13H17BrO2. The highest BCUT2D eigenvalue weighted by Gasteiger charge is 2.22. The average molecular weight is 285 g/mol. The SMILES string of the molecule is Cc1ccc(OCC2CCC(C)O2)c(Br)c1. The third kappa shape index (κ3) is 2.98. The zero-order valence-electron chi connectivity index (χ0n) is 9.70. The van der Waals surface area contributed by atoms with E-state index < -0.39 is 0 Å². The first-order chi connectivity index (χ1) is 7.65. The molecule has 1 fully saturated rings. The van der Waals surface area contributed by atoms with E-state index >= 15 is 0 Å². The Morgan fingerprint density at radius 1 is 1.44 bits per heavy atom. The highest BCUT2D eigenvalue weighted by molar-refractivity contribution is 9.10. The van der Waals surface area contributed by atoms with E-state index in [1.807, 2.05) is 6.07 Å². The fourth-order valence-corrected chi connectivity index (χ4v) is 2.52. The molecule has 0 saturated carbocycles. The number of rotatable bonds is 3. The minimum atomic E-state index is 0.253. The monoisotopic (exact) mass is 284 g/mol. The van der Waals surface area contributed by atoms with Gasteiger partial charge in [0.2, 0.25) is 0 Å². The van der Waals surface area contributed by atoms with Gasteiger partial charge in [-0.2, -0.15) is 0 Å². The lowest BCUT2D eigenvalue weighted by Crippen LogP contribution is -2.17. The Morgan fingerprint density at radius 3 is 2.88 bits per heavy atom. The Balaban J connectivity index is 1.89. The summed E-state index contributed by atoms with van der Waals surface area (Å²) in [5.74, 6) is 0.897. The van der Waals surface area contributed by atoms with Crippen molar-refractivity contribution >= 4 is 15.9 Å². The Labute approximate surface area is 105 Å². The second-order valence-corrected chi connectivity index (χ2v) is 5.25. The van der Waals surface area contributed by atoms with Crippen LogP contribution in [0.3, 0.4) is 0 Å². The van der Waals surface area contributed by atoms with Crippen molar-refractivity contribution < 1.29 is 9.47 Å². The van der Waals surface area contributed by atoms with Gasteiger partial charge in [0, 0.05) is 0 Å². The standard InChI is InChI=1S/C13H17BrO2/c1-9-3-6-13(12(14)7-9)15-8-11-5-4-10(2)16-11/h3,6-7,10-11H,4-5,8H2,1-2H3. The van der Waals surface area contributed by atoms with E-state index in [1.165, 1.54) is 5.56 Å². The quantitative estimate of drug-likeness (QED) is 0.843. The Bertz CT molecular complexity index is 365. The molecule has 0 radical (unpaired) electrons. The summed E-state index contributed by atoms with van der Waals surface area (Å²) in [6.07, 6.45) is 2.88. The van der Waals surface area contributed by atoms with Crippen LogP contribution in [0.5, 0.6) is 5.75 Å². The van der Waals surface area contributed by atoms with Crippen LogP contribution in [0.1, 0.15) is 25.3 Å². The zero-order chi connectivity index (χ0) is 11.5. The van der Waals surface area contributed by atoms with Gasteiger partial charge in [-0.05, 0) is 60.3 Å². The predicted molar refractivity (Wildman–Crippen MR) is 67.9 cm³/mol. The molecule has 1 saturated heterocycles. The summed E-state index contributed by atoms with van der Waals surface area (Å²) >= 11 is 3.50. The van der Waals surface area contributed by atoms with Gasteiger partial charge in [0.15, 0.2) is 0 Å². The van der Waals surface area contributed by atoms with Crippen LogP contribution >= 0.6 is 15.9 Å². The van der Waals surface area contributed by atoms with Crippen LogP contribution in [0.2, 0.25) is 0 Å². The third-order valence-corrected chi connectivity index (χ3v) is 3.45. The zero-order valence-corrected chi connectivity index (χ0v) is 11.3. The topological polar surface area (TPSA) is 18.5 Å². The normalized spacial score (nSPS) is 24.7. The van der Waals surface area contributed by atoms with Gasteiger partial charge in [-0.1, -0.05) is 6.07 Å². The molecule has 88 valence electrons. The summed E-state index contributed by atoms with van der Waals surface area (Å²) in [5, 5.41) is 0.